The molecule has 1 N–H and O–H groups in total. The summed E-state index contributed by atoms with van der Waals surface area (Å²) in [7, 11) is 0. The van der Waals surface area contributed by atoms with Crippen LogP contribution in [0.1, 0.15) is 18.9 Å². The van der Waals surface area contributed by atoms with Gasteiger partial charge in [-0.1, -0.05) is 66.5 Å². The van der Waals surface area contributed by atoms with Crippen LogP contribution in [0.15, 0.2) is 54.6 Å². The molecule has 0 unspecified atom stereocenters. The van der Waals surface area contributed by atoms with Crippen LogP contribution in [0.25, 0.3) is 10.8 Å². The van der Waals surface area contributed by atoms with Crippen LogP contribution >= 0.6 is 23.2 Å². The largest absolute Gasteiger partial charge is 0.490 e. The van der Waals surface area contributed by atoms with E-state index in [1.807, 2.05) is 37.3 Å². The molecule has 0 saturated carbocycles. The Balaban J connectivity index is 1.79. The van der Waals surface area contributed by atoms with Crippen molar-refractivity contribution >= 4 is 39.7 Å². The second-order valence-corrected chi connectivity index (χ2v) is 6.43. The van der Waals surface area contributed by atoms with E-state index in [1.54, 1.807) is 0 Å². The van der Waals surface area contributed by atoms with Crippen molar-refractivity contribution in [3.8, 4) is 5.75 Å². The van der Waals surface area contributed by atoms with Gasteiger partial charge in [-0.3, -0.25) is 0 Å². The summed E-state index contributed by atoms with van der Waals surface area (Å²) < 4.78 is 5.61. The van der Waals surface area contributed by atoms with Crippen molar-refractivity contribution in [3.63, 3.8) is 0 Å². The Labute approximate surface area is 152 Å². The van der Waals surface area contributed by atoms with Crippen molar-refractivity contribution < 1.29 is 4.74 Å². The fraction of sp³-hybridized carbons (Fsp3) is 0.200. The van der Waals surface area contributed by atoms with Crippen molar-refractivity contribution in [2.24, 2.45) is 0 Å². The summed E-state index contributed by atoms with van der Waals surface area (Å²) in [5.74, 6) is 0.564. The molecule has 0 fully saturated rings. The maximum absolute atomic E-state index is 6.31. The normalized spacial score (nSPS) is 10.8. The molecule has 0 aliphatic carbocycles. The predicted molar refractivity (Wildman–Crippen MR) is 104 cm³/mol. The van der Waals surface area contributed by atoms with E-state index >= 15 is 0 Å². The highest BCUT2D eigenvalue weighted by molar-refractivity contribution is 6.37. The molecule has 0 aliphatic rings. The Morgan fingerprint density at radius 3 is 2.42 bits per heavy atom. The molecular weight excluding hydrogens is 341 g/mol. The van der Waals surface area contributed by atoms with Crippen LogP contribution in [0, 0.1) is 0 Å². The molecule has 0 radical (unpaired) electrons. The van der Waals surface area contributed by atoms with Gasteiger partial charge in [0.15, 0.2) is 5.75 Å². The lowest BCUT2D eigenvalue weighted by Crippen LogP contribution is -2.02. The van der Waals surface area contributed by atoms with E-state index in [-0.39, 0.29) is 0 Å². The molecule has 4 heteroatoms. The molecule has 0 saturated heterocycles. The minimum Gasteiger partial charge on any atom is -0.490 e. The van der Waals surface area contributed by atoms with Gasteiger partial charge in [0.2, 0.25) is 0 Å². The maximum atomic E-state index is 6.31. The molecule has 0 heterocycles. The first-order valence-corrected chi connectivity index (χ1v) is 8.77. The van der Waals surface area contributed by atoms with E-state index in [9.17, 15) is 0 Å². The minimum atomic E-state index is 0.547. The van der Waals surface area contributed by atoms with Crippen LogP contribution in [0.5, 0.6) is 5.75 Å². The summed E-state index contributed by atoms with van der Waals surface area (Å²) in [5.41, 5.74) is 2.11. The quantitative estimate of drug-likeness (QED) is 0.538. The maximum Gasteiger partial charge on any atom is 0.156 e. The van der Waals surface area contributed by atoms with E-state index in [0.717, 1.165) is 17.7 Å². The van der Waals surface area contributed by atoms with Gasteiger partial charge in [-0.05, 0) is 35.6 Å². The number of rotatable bonds is 6. The lowest BCUT2D eigenvalue weighted by atomic mass is 10.1. The first-order valence-electron chi connectivity index (χ1n) is 8.01. The summed E-state index contributed by atoms with van der Waals surface area (Å²) in [4.78, 5) is 0. The molecule has 0 spiro atoms. The molecule has 3 aromatic carbocycles. The predicted octanol–water partition coefficient (Wildman–Crippen LogP) is 6.55. The van der Waals surface area contributed by atoms with Gasteiger partial charge in [-0.15, -0.1) is 0 Å². The molecule has 3 aromatic rings. The van der Waals surface area contributed by atoms with Crippen molar-refractivity contribution in [2.75, 3.05) is 11.9 Å². The number of anilines is 1. The molecule has 3 rings (SSSR count). The second-order valence-electron chi connectivity index (χ2n) is 5.62. The molecule has 0 aromatic heterocycles. The first kappa shape index (κ1) is 16.9. The average molecular weight is 360 g/mol. The fourth-order valence-corrected chi connectivity index (χ4v) is 3.27. The van der Waals surface area contributed by atoms with Crippen LogP contribution in [0.3, 0.4) is 0 Å². The number of nitrogens with one attached hydrogen (secondary N) is 1. The van der Waals surface area contributed by atoms with Gasteiger partial charge in [0.25, 0.3) is 0 Å². The zero-order valence-electron chi connectivity index (χ0n) is 13.5. The summed E-state index contributed by atoms with van der Waals surface area (Å²) >= 11 is 12.6. The van der Waals surface area contributed by atoms with Gasteiger partial charge < -0.3 is 10.1 Å². The molecular formula is C20H19Cl2NO. The number of hydrogen-bond donors (Lipinski definition) is 1. The standard InChI is InChI=1S/C20H19Cl2NO/c1-2-10-24-20-17(21)11-14(12-18(20)22)13-23-19-9-5-7-15-6-3-4-8-16(15)19/h3-9,11-12,23H,2,10,13H2,1H3. The first-order chi connectivity index (χ1) is 11.7. The molecule has 0 amide bonds. The van der Waals surface area contributed by atoms with Crippen molar-refractivity contribution in [1.82, 2.24) is 0 Å². The van der Waals surface area contributed by atoms with Crippen molar-refractivity contribution in [2.45, 2.75) is 19.9 Å². The van der Waals surface area contributed by atoms with E-state index < -0.39 is 0 Å². The molecule has 24 heavy (non-hydrogen) atoms. The van der Waals surface area contributed by atoms with Crippen LogP contribution < -0.4 is 10.1 Å². The smallest absolute Gasteiger partial charge is 0.156 e. The van der Waals surface area contributed by atoms with E-state index in [4.69, 9.17) is 27.9 Å². The summed E-state index contributed by atoms with van der Waals surface area (Å²) in [6.07, 6.45) is 0.914. The number of ether oxygens (including phenoxy) is 1. The molecule has 0 bridgehead atoms. The van der Waals surface area contributed by atoms with Gasteiger partial charge in [-0.25, -0.2) is 0 Å². The molecule has 124 valence electrons. The summed E-state index contributed by atoms with van der Waals surface area (Å²) in [6.45, 7) is 3.29. The Bertz CT molecular complexity index is 820. The van der Waals surface area contributed by atoms with Crippen LogP contribution in [-0.2, 0) is 6.54 Å². The number of halogens is 2. The van der Waals surface area contributed by atoms with Gasteiger partial charge in [0.1, 0.15) is 0 Å². The van der Waals surface area contributed by atoms with Gasteiger partial charge in [0.05, 0.1) is 16.7 Å². The van der Waals surface area contributed by atoms with Gasteiger partial charge >= 0.3 is 0 Å². The lowest BCUT2D eigenvalue weighted by Gasteiger charge is -2.13. The Morgan fingerprint density at radius 1 is 0.958 bits per heavy atom. The van der Waals surface area contributed by atoms with E-state index in [0.29, 0.717) is 28.9 Å². The highest BCUT2D eigenvalue weighted by atomic mass is 35.5. The van der Waals surface area contributed by atoms with Crippen LogP contribution in [-0.4, -0.2) is 6.61 Å². The third-order valence-electron chi connectivity index (χ3n) is 3.78. The Kier molecular flexibility index (Phi) is 5.49. The Hall–Kier alpha value is -1.90. The molecule has 0 aliphatic heterocycles. The summed E-state index contributed by atoms with van der Waals surface area (Å²) in [6, 6.07) is 18.3. The summed E-state index contributed by atoms with van der Waals surface area (Å²) in [5, 5.41) is 6.96. The number of hydrogen-bond acceptors (Lipinski definition) is 2. The fourth-order valence-electron chi connectivity index (χ4n) is 2.63. The van der Waals surface area contributed by atoms with Crippen LogP contribution in [0.4, 0.5) is 5.69 Å². The van der Waals surface area contributed by atoms with E-state index in [1.165, 1.54) is 10.8 Å². The third kappa shape index (κ3) is 3.77. The molecule has 2 nitrogen and oxygen atoms in total. The highest BCUT2D eigenvalue weighted by Crippen LogP contribution is 2.34. The van der Waals surface area contributed by atoms with Gasteiger partial charge in [0, 0.05) is 17.6 Å². The van der Waals surface area contributed by atoms with Crippen LogP contribution in [0.2, 0.25) is 10.0 Å². The minimum absolute atomic E-state index is 0.547. The zero-order chi connectivity index (χ0) is 16.9. The van der Waals surface area contributed by atoms with Crippen molar-refractivity contribution in [3.05, 3.63) is 70.2 Å². The number of fused-ring (bicyclic) bond motifs is 1. The topological polar surface area (TPSA) is 21.3 Å². The number of benzene rings is 3. The monoisotopic (exact) mass is 359 g/mol. The SMILES string of the molecule is CCCOc1c(Cl)cc(CNc2cccc3ccccc23)cc1Cl. The molecule has 0 atom stereocenters. The average Bonchev–Trinajstić information content (AvgIpc) is 2.59. The van der Waals surface area contributed by atoms with E-state index in [2.05, 4.69) is 29.6 Å². The Morgan fingerprint density at radius 2 is 1.67 bits per heavy atom. The third-order valence-corrected chi connectivity index (χ3v) is 4.34. The lowest BCUT2D eigenvalue weighted by molar-refractivity contribution is 0.318. The van der Waals surface area contributed by atoms with Gasteiger partial charge in [-0.2, -0.15) is 0 Å². The second kappa shape index (κ2) is 7.78. The zero-order valence-corrected chi connectivity index (χ0v) is 15.0. The van der Waals surface area contributed by atoms with Crippen molar-refractivity contribution in [1.29, 1.82) is 0 Å². The highest BCUT2D eigenvalue weighted by Gasteiger charge is 2.10.